The van der Waals surface area contributed by atoms with E-state index in [-0.39, 0.29) is 12.3 Å². The fourth-order valence-corrected chi connectivity index (χ4v) is 4.89. The van der Waals surface area contributed by atoms with E-state index in [1.165, 1.54) is 5.56 Å². The Kier molecular flexibility index (Phi) is 5.40. The molecule has 3 nitrogen and oxygen atoms in total. The standard InChI is InChI=1S/C24H23NO2S/c1-18-12-14-21(15-13-18)28(27)23-11-5-3-8-20(23)17-24(26)25-16-6-9-19-7-2-4-10-22(19)25/h2-5,7-8,10-15H,6,9,16-17H2,1H3. The highest BCUT2D eigenvalue weighted by molar-refractivity contribution is 7.85. The monoisotopic (exact) mass is 389 g/mol. The van der Waals surface area contributed by atoms with Crippen LogP contribution in [0.25, 0.3) is 0 Å². The topological polar surface area (TPSA) is 37.4 Å². The Hall–Kier alpha value is -2.72. The van der Waals surface area contributed by atoms with Crippen LogP contribution in [-0.2, 0) is 28.4 Å². The number of carbonyl (C=O) groups excluding carboxylic acids is 1. The summed E-state index contributed by atoms with van der Waals surface area (Å²) in [5, 5.41) is 0. The van der Waals surface area contributed by atoms with Crippen LogP contribution in [0.1, 0.15) is 23.1 Å². The molecule has 0 saturated heterocycles. The van der Waals surface area contributed by atoms with E-state index in [0.717, 1.165) is 41.1 Å². The van der Waals surface area contributed by atoms with Gasteiger partial charge in [-0.3, -0.25) is 4.79 Å². The third-order valence-electron chi connectivity index (χ3n) is 5.16. The molecule has 0 spiro atoms. The van der Waals surface area contributed by atoms with Gasteiger partial charge in [-0.2, -0.15) is 0 Å². The van der Waals surface area contributed by atoms with Crippen LogP contribution < -0.4 is 4.90 Å². The minimum Gasteiger partial charge on any atom is -0.312 e. The molecule has 3 aromatic rings. The van der Waals surface area contributed by atoms with Gasteiger partial charge in [0.15, 0.2) is 0 Å². The zero-order valence-corrected chi connectivity index (χ0v) is 16.7. The molecule has 4 heteroatoms. The molecule has 1 atom stereocenters. The summed E-state index contributed by atoms with van der Waals surface area (Å²) in [7, 11) is -1.30. The molecule has 0 bridgehead atoms. The van der Waals surface area contributed by atoms with E-state index in [9.17, 15) is 9.00 Å². The average Bonchev–Trinajstić information content (AvgIpc) is 2.74. The van der Waals surface area contributed by atoms with Gasteiger partial charge in [0.1, 0.15) is 0 Å². The normalized spacial score (nSPS) is 14.4. The Morgan fingerprint density at radius 2 is 1.68 bits per heavy atom. The average molecular weight is 390 g/mol. The molecule has 0 N–H and O–H groups in total. The Morgan fingerprint density at radius 1 is 0.964 bits per heavy atom. The minimum absolute atomic E-state index is 0.0560. The molecule has 0 saturated carbocycles. The van der Waals surface area contributed by atoms with E-state index in [4.69, 9.17) is 0 Å². The van der Waals surface area contributed by atoms with Crippen LogP contribution in [0.3, 0.4) is 0 Å². The van der Waals surface area contributed by atoms with Crippen LogP contribution in [0.15, 0.2) is 82.6 Å². The highest BCUT2D eigenvalue weighted by Crippen LogP contribution is 2.28. The van der Waals surface area contributed by atoms with E-state index in [1.54, 1.807) is 0 Å². The first-order chi connectivity index (χ1) is 13.6. The van der Waals surface area contributed by atoms with Gasteiger partial charge >= 0.3 is 0 Å². The fourth-order valence-electron chi connectivity index (χ4n) is 3.67. The minimum atomic E-state index is -1.30. The van der Waals surface area contributed by atoms with Crippen LogP contribution in [0, 0.1) is 6.92 Å². The number of fused-ring (bicyclic) bond motifs is 1. The third kappa shape index (κ3) is 3.78. The maximum absolute atomic E-state index is 13.1. The molecule has 142 valence electrons. The zero-order valence-electron chi connectivity index (χ0n) is 15.9. The second-order valence-electron chi connectivity index (χ2n) is 7.14. The van der Waals surface area contributed by atoms with Gasteiger partial charge < -0.3 is 4.90 Å². The first-order valence-electron chi connectivity index (χ1n) is 9.58. The summed E-state index contributed by atoms with van der Waals surface area (Å²) >= 11 is 0. The summed E-state index contributed by atoms with van der Waals surface area (Å²) in [4.78, 5) is 16.5. The van der Waals surface area contributed by atoms with Gasteiger partial charge in [-0.25, -0.2) is 4.21 Å². The zero-order chi connectivity index (χ0) is 19.5. The number of para-hydroxylation sites is 1. The van der Waals surface area contributed by atoms with Crippen LogP contribution >= 0.6 is 0 Å². The number of anilines is 1. The molecule has 28 heavy (non-hydrogen) atoms. The van der Waals surface area contributed by atoms with Crippen molar-refractivity contribution >= 4 is 22.4 Å². The van der Waals surface area contributed by atoms with Crippen molar-refractivity contribution in [2.75, 3.05) is 11.4 Å². The Morgan fingerprint density at radius 3 is 2.50 bits per heavy atom. The highest BCUT2D eigenvalue weighted by Gasteiger charge is 2.23. The molecule has 3 aromatic carbocycles. The number of carbonyl (C=O) groups is 1. The maximum Gasteiger partial charge on any atom is 0.231 e. The molecule has 1 amide bonds. The molecule has 0 radical (unpaired) electrons. The number of hydrogen-bond acceptors (Lipinski definition) is 2. The van der Waals surface area contributed by atoms with Crippen molar-refractivity contribution in [3.8, 4) is 0 Å². The lowest BCUT2D eigenvalue weighted by Gasteiger charge is -2.29. The van der Waals surface area contributed by atoms with Gasteiger partial charge in [0, 0.05) is 22.0 Å². The van der Waals surface area contributed by atoms with Crippen molar-refractivity contribution < 1.29 is 9.00 Å². The number of nitrogens with zero attached hydrogens (tertiary/aromatic N) is 1. The lowest BCUT2D eigenvalue weighted by Crippen LogP contribution is -2.36. The fraction of sp³-hybridized carbons (Fsp3) is 0.208. The molecule has 1 heterocycles. The third-order valence-corrected chi connectivity index (χ3v) is 6.66. The summed E-state index contributed by atoms with van der Waals surface area (Å²) < 4.78 is 13.1. The van der Waals surface area contributed by atoms with Gasteiger partial charge in [0.05, 0.1) is 17.2 Å². The van der Waals surface area contributed by atoms with Gasteiger partial charge in [0.25, 0.3) is 0 Å². The first kappa shape index (κ1) is 18.6. The van der Waals surface area contributed by atoms with Gasteiger partial charge in [0.2, 0.25) is 5.91 Å². The molecule has 1 aliphatic rings. The second kappa shape index (κ2) is 8.11. The highest BCUT2D eigenvalue weighted by atomic mass is 32.2. The van der Waals surface area contributed by atoms with E-state index in [0.29, 0.717) is 4.90 Å². The van der Waals surface area contributed by atoms with Crippen molar-refractivity contribution in [3.05, 3.63) is 89.5 Å². The Labute approximate surface area is 168 Å². The molecule has 1 aliphatic heterocycles. The number of aryl methyl sites for hydroxylation is 2. The van der Waals surface area contributed by atoms with Gasteiger partial charge in [-0.1, -0.05) is 54.1 Å². The SMILES string of the molecule is Cc1ccc(S(=O)c2ccccc2CC(=O)N2CCCc3ccccc32)cc1. The van der Waals surface area contributed by atoms with Gasteiger partial charge in [-0.15, -0.1) is 0 Å². The van der Waals surface area contributed by atoms with Crippen molar-refractivity contribution in [2.24, 2.45) is 0 Å². The number of amides is 1. The van der Waals surface area contributed by atoms with Crippen molar-refractivity contribution in [3.63, 3.8) is 0 Å². The summed E-state index contributed by atoms with van der Waals surface area (Å²) in [5.41, 5.74) is 4.19. The van der Waals surface area contributed by atoms with Crippen LogP contribution in [0.4, 0.5) is 5.69 Å². The van der Waals surface area contributed by atoms with E-state index < -0.39 is 10.8 Å². The van der Waals surface area contributed by atoms with Crippen LogP contribution in [-0.4, -0.2) is 16.7 Å². The van der Waals surface area contributed by atoms with E-state index in [2.05, 4.69) is 6.07 Å². The number of hydrogen-bond donors (Lipinski definition) is 0. The largest absolute Gasteiger partial charge is 0.312 e. The van der Waals surface area contributed by atoms with Crippen LogP contribution in [0.2, 0.25) is 0 Å². The lowest BCUT2D eigenvalue weighted by molar-refractivity contribution is -0.118. The van der Waals surface area contributed by atoms with Crippen LogP contribution in [0.5, 0.6) is 0 Å². The lowest BCUT2D eigenvalue weighted by atomic mass is 10.0. The van der Waals surface area contributed by atoms with Gasteiger partial charge in [-0.05, 0) is 55.2 Å². The predicted molar refractivity (Wildman–Crippen MR) is 113 cm³/mol. The molecule has 0 aliphatic carbocycles. The second-order valence-corrected chi connectivity index (χ2v) is 8.59. The summed E-state index contributed by atoms with van der Waals surface area (Å²) in [5.74, 6) is 0.0560. The quantitative estimate of drug-likeness (QED) is 0.649. The van der Waals surface area contributed by atoms with Crippen molar-refractivity contribution in [1.29, 1.82) is 0 Å². The molecular weight excluding hydrogens is 366 g/mol. The predicted octanol–water partition coefficient (Wildman–Crippen LogP) is 4.68. The molecule has 0 fully saturated rings. The summed E-state index contributed by atoms with van der Waals surface area (Å²) in [6.45, 7) is 2.74. The smallest absolute Gasteiger partial charge is 0.231 e. The Bertz CT molecular complexity index is 1030. The molecule has 0 aromatic heterocycles. The number of benzene rings is 3. The first-order valence-corrected chi connectivity index (χ1v) is 10.7. The molecule has 4 rings (SSSR count). The van der Waals surface area contributed by atoms with Crippen molar-refractivity contribution in [1.82, 2.24) is 0 Å². The molecule has 1 unspecified atom stereocenters. The summed E-state index contributed by atoms with van der Waals surface area (Å²) in [6.07, 6.45) is 2.23. The number of rotatable bonds is 4. The Balaban J connectivity index is 1.60. The summed E-state index contributed by atoms with van der Waals surface area (Å²) in [6, 6.07) is 23.4. The van der Waals surface area contributed by atoms with Crippen molar-refractivity contribution in [2.45, 2.75) is 36.0 Å². The maximum atomic E-state index is 13.1. The molecular formula is C24H23NO2S. The van der Waals surface area contributed by atoms with E-state index in [1.807, 2.05) is 78.6 Å². The van der Waals surface area contributed by atoms with E-state index >= 15 is 0 Å².